The van der Waals surface area contributed by atoms with Crippen LogP contribution >= 0.6 is 0 Å². The van der Waals surface area contributed by atoms with E-state index in [0.29, 0.717) is 12.3 Å². The standard InChI is InChI=1S/C18H37NO2/c1-4-7-10-11-12-15-17(20)21-18(19)16(13-8-5-2)14-9-6-3/h16,18H,4-15,19H2,1-3H3. The molecular formula is C18H37NO2. The Hall–Kier alpha value is -0.570. The summed E-state index contributed by atoms with van der Waals surface area (Å²) in [4.78, 5) is 11.8. The normalized spacial score (nSPS) is 12.6. The smallest absolute Gasteiger partial charge is 0.307 e. The van der Waals surface area contributed by atoms with Gasteiger partial charge in [0.1, 0.15) is 0 Å². The maximum atomic E-state index is 11.8. The van der Waals surface area contributed by atoms with Gasteiger partial charge in [-0.25, -0.2) is 0 Å². The molecule has 0 aliphatic heterocycles. The van der Waals surface area contributed by atoms with Crippen LogP contribution in [0.1, 0.15) is 97.8 Å². The van der Waals surface area contributed by atoms with Crippen LogP contribution in [0.5, 0.6) is 0 Å². The molecule has 0 bridgehead atoms. The van der Waals surface area contributed by atoms with Crippen molar-refractivity contribution in [3.63, 3.8) is 0 Å². The number of hydrogen-bond acceptors (Lipinski definition) is 3. The Morgan fingerprint density at radius 1 is 0.857 bits per heavy atom. The van der Waals surface area contributed by atoms with Crippen molar-refractivity contribution in [2.45, 2.75) is 104 Å². The fourth-order valence-corrected chi connectivity index (χ4v) is 2.59. The molecule has 0 radical (unpaired) electrons. The van der Waals surface area contributed by atoms with Gasteiger partial charge in [-0.1, -0.05) is 72.1 Å². The Bertz CT molecular complexity index is 235. The summed E-state index contributed by atoms with van der Waals surface area (Å²) in [5, 5.41) is 0. The number of unbranched alkanes of at least 4 members (excludes halogenated alkanes) is 6. The monoisotopic (exact) mass is 299 g/mol. The first kappa shape index (κ1) is 20.4. The molecule has 0 aromatic heterocycles. The first-order valence-corrected chi connectivity index (χ1v) is 9.10. The molecule has 3 nitrogen and oxygen atoms in total. The van der Waals surface area contributed by atoms with Gasteiger partial charge in [0.25, 0.3) is 0 Å². The van der Waals surface area contributed by atoms with Crippen LogP contribution in [0.15, 0.2) is 0 Å². The van der Waals surface area contributed by atoms with Crippen LogP contribution in [0.4, 0.5) is 0 Å². The molecule has 0 saturated carbocycles. The first-order valence-electron chi connectivity index (χ1n) is 9.10. The minimum absolute atomic E-state index is 0.114. The SMILES string of the molecule is CCCCCCCC(=O)OC(N)C(CCCC)CCCC. The Labute approximate surface area is 132 Å². The molecule has 3 heteroatoms. The second kappa shape index (κ2) is 14.4. The van der Waals surface area contributed by atoms with E-state index in [1.54, 1.807) is 0 Å². The highest BCUT2D eigenvalue weighted by Crippen LogP contribution is 2.20. The molecular weight excluding hydrogens is 262 g/mol. The van der Waals surface area contributed by atoms with Gasteiger partial charge in [0, 0.05) is 12.3 Å². The summed E-state index contributed by atoms with van der Waals surface area (Å²) in [5.74, 6) is 0.214. The fourth-order valence-electron chi connectivity index (χ4n) is 2.59. The van der Waals surface area contributed by atoms with E-state index in [1.807, 2.05) is 0 Å². The zero-order valence-corrected chi connectivity index (χ0v) is 14.5. The molecule has 0 aromatic carbocycles. The number of carbonyl (C=O) groups excluding carboxylic acids is 1. The first-order chi connectivity index (χ1) is 10.2. The van der Waals surface area contributed by atoms with E-state index in [0.717, 1.165) is 38.5 Å². The summed E-state index contributed by atoms with van der Waals surface area (Å²) in [6, 6.07) is 0. The number of nitrogens with two attached hydrogens (primary N) is 1. The van der Waals surface area contributed by atoms with E-state index in [-0.39, 0.29) is 5.97 Å². The van der Waals surface area contributed by atoms with Crippen molar-refractivity contribution in [2.24, 2.45) is 11.7 Å². The number of hydrogen-bond donors (Lipinski definition) is 1. The van der Waals surface area contributed by atoms with E-state index in [9.17, 15) is 4.79 Å². The molecule has 0 rings (SSSR count). The lowest BCUT2D eigenvalue weighted by Gasteiger charge is -2.23. The van der Waals surface area contributed by atoms with E-state index >= 15 is 0 Å². The summed E-state index contributed by atoms with van der Waals surface area (Å²) in [6.45, 7) is 6.56. The summed E-state index contributed by atoms with van der Waals surface area (Å²) in [5.41, 5.74) is 6.11. The third-order valence-electron chi connectivity index (χ3n) is 4.07. The molecule has 1 unspecified atom stereocenters. The molecule has 0 aliphatic rings. The molecule has 0 saturated heterocycles. The molecule has 0 aromatic rings. The van der Waals surface area contributed by atoms with Gasteiger partial charge in [0.05, 0.1) is 0 Å². The van der Waals surface area contributed by atoms with Gasteiger partial charge in [0.2, 0.25) is 0 Å². The highest BCUT2D eigenvalue weighted by molar-refractivity contribution is 5.69. The molecule has 0 fully saturated rings. The van der Waals surface area contributed by atoms with Crippen molar-refractivity contribution in [3.8, 4) is 0 Å². The van der Waals surface area contributed by atoms with Gasteiger partial charge in [0.15, 0.2) is 6.23 Å². The Morgan fingerprint density at radius 2 is 1.38 bits per heavy atom. The largest absolute Gasteiger partial charge is 0.446 e. The average molecular weight is 299 g/mol. The predicted octanol–water partition coefficient (Wildman–Crippen LogP) is 5.17. The third-order valence-corrected chi connectivity index (χ3v) is 4.07. The van der Waals surface area contributed by atoms with Crippen molar-refractivity contribution in [1.29, 1.82) is 0 Å². The van der Waals surface area contributed by atoms with E-state index in [2.05, 4.69) is 20.8 Å². The molecule has 0 amide bonds. The minimum atomic E-state index is -0.411. The highest BCUT2D eigenvalue weighted by Gasteiger charge is 2.20. The molecule has 0 heterocycles. The predicted molar refractivity (Wildman–Crippen MR) is 90.0 cm³/mol. The van der Waals surface area contributed by atoms with Crippen molar-refractivity contribution in [1.82, 2.24) is 0 Å². The summed E-state index contributed by atoms with van der Waals surface area (Å²) in [7, 11) is 0. The molecule has 21 heavy (non-hydrogen) atoms. The van der Waals surface area contributed by atoms with Crippen LogP contribution in [0.2, 0.25) is 0 Å². The Morgan fingerprint density at radius 3 is 1.90 bits per heavy atom. The Balaban J connectivity index is 3.96. The minimum Gasteiger partial charge on any atom is -0.446 e. The average Bonchev–Trinajstić information content (AvgIpc) is 2.47. The number of ether oxygens (including phenoxy) is 1. The van der Waals surface area contributed by atoms with E-state index < -0.39 is 6.23 Å². The van der Waals surface area contributed by atoms with Crippen molar-refractivity contribution < 1.29 is 9.53 Å². The lowest BCUT2D eigenvalue weighted by molar-refractivity contribution is -0.152. The lowest BCUT2D eigenvalue weighted by atomic mass is 9.94. The second-order valence-electron chi connectivity index (χ2n) is 6.16. The van der Waals surface area contributed by atoms with E-state index in [4.69, 9.17) is 10.5 Å². The fraction of sp³-hybridized carbons (Fsp3) is 0.944. The van der Waals surface area contributed by atoms with Crippen LogP contribution < -0.4 is 5.73 Å². The maximum absolute atomic E-state index is 11.8. The zero-order valence-electron chi connectivity index (χ0n) is 14.5. The van der Waals surface area contributed by atoms with Gasteiger partial charge in [-0.3, -0.25) is 10.5 Å². The lowest BCUT2D eigenvalue weighted by Crippen LogP contribution is -2.35. The second-order valence-corrected chi connectivity index (χ2v) is 6.16. The molecule has 0 spiro atoms. The number of esters is 1. The van der Waals surface area contributed by atoms with Crippen molar-refractivity contribution in [3.05, 3.63) is 0 Å². The summed E-state index contributed by atoms with van der Waals surface area (Å²) in [6.07, 6.45) is 12.7. The topological polar surface area (TPSA) is 52.3 Å². The van der Waals surface area contributed by atoms with Gasteiger partial charge >= 0.3 is 5.97 Å². The molecule has 0 aliphatic carbocycles. The van der Waals surface area contributed by atoms with Crippen molar-refractivity contribution >= 4 is 5.97 Å². The quantitative estimate of drug-likeness (QED) is 0.273. The Kier molecular flexibility index (Phi) is 14.0. The molecule has 2 N–H and O–H groups in total. The van der Waals surface area contributed by atoms with Crippen LogP contribution in [0.3, 0.4) is 0 Å². The van der Waals surface area contributed by atoms with Crippen molar-refractivity contribution in [2.75, 3.05) is 0 Å². The van der Waals surface area contributed by atoms with Gasteiger partial charge in [-0.15, -0.1) is 0 Å². The molecule has 126 valence electrons. The maximum Gasteiger partial charge on any atom is 0.307 e. The third kappa shape index (κ3) is 11.7. The number of carbonyl (C=O) groups is 1. The van der Waals surface area contributed by atoms with Crippen LogP contribution in [0, 0.1) is 5.92 Å². The van der Waals surface area contributed by atoms with Gasteiger partial charge in [-0.05, 0) is 19.3 Å². The van der Waals surface area contributed by atoms with Gasteiger partial charge < -0.3 is 4.74 Å². The summed E-state index contributed by atoms with van der Waals surface area (Å²) < 4.78 is 5.45. The van der Waals surface area contributed by atoms with Crippen LogP contribution in [-0.2, 0) is 9.53 Å². The highest BCUT2D eigenvalue weighted by atomic mass is 16.6. The number of rotatable bonds is 14. The van der Waals surface area contributed by atoms with Gasteiger partial charge in [-0.2, -0.15) is 0 Å². The molecule has 1 atom stereocenters. The van der Waals surface area contributed by atoms with Crippen LogP contribution in [0.25, 0.3) is 0 Å². The summed E-state index contributed by atoms with van der Waals surface area (Å²) >= 11 is 0. The van der Waals surface area contributed by atoms with E-state index in [1.165, 1.54) is 32.1 Å². The van der Waals surface area contributed by atoms with Crippen LogP contribution in [-0.4, -0.2) is 12.2 Å². The zero-order chi connectivity index (χ0) is 15.9.